The zero-order valence-electron chi connectivity index (χ0n) is 20.1. The van der Waals surface area contributed by atoms with Gasteiger partial charge in [0.15, 0.2) is 0 Å². The molecule has 1 heterocycles. The third-order valence-electron chi connectivity index (χ3n) is 6.25. The van der Waals surface area contributed by atoms with Gasteiger partial charge in [-0.05, 0) is 25.7 Å². The largest absolute Gasteiger partial charge is 0.394 e. The Morgan fingerprint density at radius 3 is 1.81 bits per heavy atom. The molecule has 0 aromatic carbocycles. The fourth-order valence-electron chi connectivity index (χ4n) is 4.09. The molecule has 0 aromatic rings. The lowest BCUT2D eigenvalue weighted by molar-refractivity contribution is -0.208. The van der Waals surface area contributed by atoms with Crippen LogP contribution in [0, 0.1) is 0 Å². The van der Waals surface area contributed by atoms with Gasteiger partial charge in [-0.1, -0.05) is 96.1 Å². The first-order valence-electron chi connectivity index (χ1n) is 13.1. The molecule has 0 radical (unpaired) electrons. The number of aliphatic hydroxyl groups excluding tert-OH is 3. The van der Waals surface area contributed by atoms with Crippen LogP contribution < -0.4 is 0 Å². The van der Waals surface area contributed by atoms with Gasteiger partial charge in [0.25, 0.3) is 0 Å². The van der Waals surface area contributed by atoms with Gasteiger partial charge in [-0.3, -0.25) is 0 Å². The fourth-order valence-corrected chi connectivity index (χ4v) is 4.09. The van der Waals surface area contributed by atoms with Gasteiger partial charge >= 0.3 is 0 Å². The maximum absolute atomic E-state index is 10.0. The number of hydrogen-bond acceptors (Lipinski definition) is 5. The number of unbranched alkanes of at least 4 members (excludes halogenated alkanes) is 14. The predicted octanol–water partition coefficient (Wildman–Crippen LogP) is 5.30. The van der Waals surface area contributed by atoms with Gasteiger partial charge in [0.2, 0.25) is 0 Å². The van der Waals surface area contributed by atoms with E-state index in [2.05, 4.69) is 19.1 Å². The van der Waals surface area contributed by atoms with E-state index in [0.717, 1.165) is 12.8 Å². The normalized spacial score (nSPS) is 24.3. The van der Waals surface area contributed by atoms with Gasteiger partial charge in [0, 0.05) is 6.61 Å². The molecule has 1 aliphatic rings. The van der Waals surface area contributed by atoms with Crippen LogP contribution in [0.4, 0.5) is 0 Å². The van der Waals surface area contributed by atoms with E-state index in [-0.39, 0.29) is 13.2 Å². The third-order valence-corrected chi connectivity index (χ3v) is 6.25. The molecular weight excluding hydrogens is 392 g/mol. The molecule has 31 heavy (non-hydrogen) atoms. The summed E-state index contributed by atoms with van der Waals surface area (Å²) < 4.78 is 11.0. The molecule has 0 aliphatic carbocycles. The zero-order chi connectivity index (χ0) is 22.6. The highest BCUT2D eigenvalue weighted by molar-refractivity contribution is 4.87. The minimum Gasteiger partial charge on any atom is -0.394 e. The van der Waals surface area contributed by atoms with Gasteiger partial charge in [0.05, 0.1) is 13.2 Å². The van der Waals surface area contributed by atoms with Crippen molar-refractivity contribution in [1.29, 1.82) is 0 Å². The van der Waals surface area contributed by atoms with Crippen molar-refractivity contribution in [2.75, 3.05) is 19.8 Å². The number of aliphatic hydroxyl groups is 3. The van der Waals surface area contributed by atoms with E-state index >= 15 is 0 Å². The lowest BCUT2D eigenvalue weighted by atomic mass is 10.0. The average Bonchev–Trinajstić information content (AvgIpc) is 2.78. The van der Waals surface area contributed by atoms with E-state index in [1.54, 1.807) is 0 Å². The molecule has 0 spiro atoms. The van der Waals surface area contributed by atoms with Crippen LogP contribution in [0.2, 0.25) is 0 Å². The van der Waals surface area contributed by atoms with Crippen molar-refractivity contribution in [3.05, 3.63) is 12.2 Å². The molecule has 1 rings (SSSR count). The highest BCUT2D eigenvalue weighted by Crippen LogP contribution is 2.18. The summed E-state index contributed by atoms with van der Waals surface area (Å²) in [4.78, 5) is 0. The van der Waals surface area contributed by atoms with Gasteiger partial charge in [-0.25, -0.2) is 0 Å². The van der Waals surface area contributed by atoms with Crippen LogP contribution in [-0.2, 0) is 9.47 Å². The third kappa shape index (κ3) is 14.3. The minimum absolute atomic E-state index is 0.222. The molecular formula is C26H50O5. The Labute approximate surface area is 191 Å². The fraction of sp³-hybridized carbons (Fsp3) is 0.923. The summed E-state index contributed by atoms with van der Waals surface area (Å²) >= 11 is 0. The van der Waals surface area contributed by atoms with E-state index in [9.17, 15) is 10.2 Å². The first-order valence-corrected chi connectivity index (χ1v) is 13.1. The van der Waals surface area contributed by atoms with Crippen molar-refractivity contribution in [2.24, 2.45) is 0 Å². The van der Waals surface area contributed by atoms with Crippen molar-refractivity contribution >= 4 is 0 Å². The quantitative estimate of drug-likeness (QED) is 0.176. The lowest BCUT2D eigenvalue weighted by Crippen LogP contribution is -2.55. The first kappa shape index (κ1) is 28.6. The van der Waals surface area contributed by atoms with E-state index in [0.29, 0.717) is 6.61 Å². The Kier molecular flexibility index (Phi) is 18.6. The maximum Gasteiger partial charge on any atom is 0.111 e. The molecule has 1 aliphatic heterocycles. The lowest BCUT2D eigenvalue weighted by Gasteiger charge is -2.36. The van der Waals surface area contributed by atoms with Crippen molar-refractivity contribution in [2.45, 2.75) is 134 Å². The standard InChI is InChI=1S/C26H50O5/c1-2-3-4-5-6-7-8-9-10-11-12-13-14-15-16-17-18-19-20-30-24-22-31-23(21-27)25(28)26(24)29/h5-6,23-29H,2-4,7-22H2,1H3/b6-5+/t23-,24+,25-,26-/m1/s1. The van der Waals surface area contributed by atoms with Crippen molar-refractivity contribution in [3.8, 4) is 0 Å². The van der Waals surface area contributed by atoms with Gasteiger partial charge in [0.1, 0.15) is 24.4 Å². The van der Waals surface area contributed by atoms with E-state index in [1.807, 2.05) is 0 Å². The van der Waals surface area contributed by atoms with E-state index in [4.69, 9.17) is 14.6 Å². The monoisotopic (exact) mass is 442 g/mol. The van der Waals surface area contributed by atoms with Crippen molar-refractivity contribution in [3.63, 3.8) is 0 Å². The van der Waals surface area contributed by atoms with Crippen LogP contribution in [0.3, 0.4) is 0 Å². The molecule has 5 nitrogen and oxygen atoms in total. The van der Waals surface area contributed by atoms with Crippen LogP contribution in [0.5, 0.6) is 0 Å². The molecule has 184 valence electrons. The summed E-state index contributed by atoms with van der Waals surface area (Å²) in [5, 5.41) is 28.9. The molecule has 4 atom stereocenters. The average molecular weight is 443 g/mol. The van der Waals surface area contributed by atoms with E-state index in [1.165, 1.54) is 89.9 Å². The van der Waals surface area contributed by atoms with Crippen LogP contribution >= 0.6 is 0 Å². The molecule has 0 aromatic heterocycles. The maximum atomic E-state index is 10.0. The SMILES string of the molecule is CCCC/C=C/CCCCCCCCCCCCCCO[C@H]1CO[C@H](CO)[C@@H](O)[C@@H]1O. The first-order chi connectivity index (χ1) is 15.2. The zero-order valence-corrected chi connectivity index (χ0v) is 20.1. The second-order valence-corrected chi connectivity index (χ2v) is 9.09. The smallest absolute Gasteiger partial charge is 0.111 e. The Morgan fingerprint density at radius 2 is 1.26 bits per heavy atom. The molecule has 1 saturated heterocycles. The molecule has 0 unspecified atom stereocenters. The second-order valence-electron chi connectivity index (χ2n) is 9.09. The van der Waals surface area contributed by atoms with Crippen LogP contribution in [0.15, 0.2) is 12.2 Å². The van der Waals surface area contributed by atoms with Crippen LogP contribution in [0.1, 0.15) is 110 Å². The van der Waals surface area contributed by atoms with Crippen molar-refractivity contribution in [1.82, 2.24) is 0 Å². The molecule has 0 amide bonds. The van der Waals surface area contributed by atoms with Crippen LogP contribution in [-0.4, -0.2) is 59.6 Å². The Morgan fingerprint density at radius 1 is 0.742 bits per heavy atom. The molecule has 0 bridgehead atoms. The molecule has 3 N–H and O–H groups in total. The van der Waals surface area contributed by atoms with Crippen LogP contribution in [0.25, 0.3) is 0 Å². The Bertz CT molecular complexity index is 415. The Hall–Kier alpha value is -0.460. The van der Waals surface area contributed by atoms with Gasteiger partial charge < -0.3 is 24.8 Å². The molecule has 0 saturated carbocycles. The number of ether oxygens (including phenoxy) is 2. The number of rotatable bonds is 20. The molecule has 5 heteroatoms. The highest BCUT2D eigenvalue weighted by Gasteiger charge is 2.38. The highest BCUT2D eigenvalue weighted by atomic mass is 16.6. The summed E-state index contributed by atoms with van der Waals surface area (Å²) in [6.45, 7) is 2.76. The topological polar surface area (TPSA) is 79.2 Å². The summed E-state index contributed by atoms with van der Waals surface area (Å²) in [6, 6.07) is 0. The van der Waals surface area contributed by atoms with Crippen molar-refractivity contribution < 1.29 is 24.8 Å². The van der Waals surface area contributed by atoms with Gasteiger partial charge in [-0.15, -0.1) is 0 Å². The number of allylic oxidation sites excluding steroid dienone is 2. The second kappa shape index (κ2) is 20.2. The molecule has 1 fully saturated rings. The van der Waals surface area contributed by atoms with E-state index < -0.39 is 24.4 Å². The minimum atomic E-state index is -1.08. The summed E-state index contributed by atoms with van der Waals surface area (Å²) in [5.74, 6) is 0. The van der Waals surface area contributed by atoms with Gasteiger partial charge in [-0.2, -0.15) is 0 Å². The summed E-state index contributed by atoms with van der Waals surface area (Å²) in [5.41, 5.74) is 0. The summed E-state index contributed by atoms with van der Waals surface area (Å²) in [7, 11) is 0. The summed E-state index contributed by atoms with van der Waals surface area (Å²) in [6.07, 6.45) is 22.1. The predicted molar refractivity (Wildman–Crippen MR) is 127 cm³/mol. The Balaban J connectivity index is 1.79. The number of hydrogen-bond donors (Lipinski definition) is 3.